The molecular weight excluding hydrogens is 186 g/mol. The van der Waals surface area contributed by atoms with Crippen molar-refractivity contribution in [2.45, 2.75) is 19.8 Å². The summed E-state index contributed by atoms with van der Waals surface area (Å²) in [6, 6.07) is 0. The number of hydrogen-bond acceptors (Lipinski definition) is 3. The molecule has 0 aliphatic heterocycles. The first kappa shape index (κ1) is 15.6. The second kappa shape index (κ2) is 12.1. The Hall–Kier alpha value is 1.11. The average Bonchev–Trinajstić information content (AvgIpc) is 2.01. The van der Waals surface area contributed by atoms with Gasteiger partial charge in [-0.05, 0) is 6.42 Å². The second-order valence-electron chi connectivity index (χ2n) is 2.20. The summed E-state index contributed by atoms with van der Waals surface area (Å²) < 4.78 is 15.8. The SMILES string of the molecule is CCCCO[PH](=O)NCCN.[NaH]. The molecule has 0 amide bonds. The molecule has 0 saturated carbocycles. The maximum absolute atomic E-state index is 10.9. The first-order chi connectivity index (χ1) is 5.31. The van der Waals surface area contributed by atoms with Crippen LogP contribution in [0, 0.1) is 0 Å². The van der Waals surface area contributed by atoms with E-state index in [1.807, 2.05) is 0 Å². The molecule has 0 saturated heterocycles. The molecule has 0 spiro atoms. The Morgan fingerprint density at radius 3 is 2.75 bits per heavy atom. The summed E-state index contributed by atoms with van der Waals surface area (Å²) in [6.45, 7) is 3.69. The van der Waals surface area contributed by atoms with Crippen molar-refractivity contribution in [3.8, 4) is 0 Å². The Kier molecular flexibility index (Phi) is 15.7. The van der Waals surface area contributed by atoms with E-state index in [1.165, 1.54) is 0 Å². The molecule has 0 radical (unpaired) electrons. The summed E-state index contributed by atoms with van der Waals surface area (Å²) in [7, 11) is -2.00. The van der Waals surface area contributed by atoms with Crippen LogP contribution < -0.4 is 10.8 Å². The molecule has 0 heterocycles. The van der Waals surface area contributed by atoms with Crippen LogP contribution in [-0.2, 0) is 9.09 Å². The fourth-order valence-electron chi connectivity index (χ4n) is 0.534. The fourth-order valence-corrected chi connectivity index (χ4v) is 1.31. The quantitative estimate of drug-likeness (QED) is 0.350. The van der Waals surface area contributed by atoms with Gasteiger partial charge in [-0.1, -0.05) is 13.3 Å². The molecule has 0 fully saturated rings. The Morgan fingerprint density at radius 2 is 2.25 bits per heavy atom. The molecule has 0 aliphatic carbocycles. The number of nitrogens with two attached hydrogens (primary N) is 1. The molecule has 0 rings (SSSR count). The van der Waals surface area contributed by atoms with Crippen LogP contribution >= 0.6 is 8.18 Å². The molecule has 70 valence electrons. The third-order valence-corrected chi connectivity index (χ3v) is 2.15. The standard InChI is InChI=1S/C6H17N2O2P.Na.H/c1-2-3-6-10-11(9)8-5-4-7;;/h11H,2-7H2,1H3,(H,8,9);;. The predicted octanol–water partition coefficient (Wildman–Crippen LogP) is 0.0926. The van der Waals surface area contributed by atoms with E-state index in [0.29, 0.717) is 19.7 Å². The third kappa shape index (κ3) is 11.1. The Labute approximate surface area is 96.8 Å². The monoisotopic (exact) mass is 204 g/mol. The Bertz CT molecular complexity index is 116. The van der Waals surface area contributed by atoms with Crippen LogP contribution in [0.25, 0.3) is 0 Å². The van der Waals surface area contributed by atoms with E-state index in [4.69, 9.17) is 10.3 Å². The molecule has 0 aromatic rings. The van der Waals surface area contributed by atoms with Gasteiger partial charge in [-0.15, -0.1) is 0 Å². The van der Waals surface area contributed by atoms with Crippen LogP contribution in [0.2, 0.25) is 0 Å². The molecule has 3 N–H and O–H groups in total. The molecule has 1 unspecified atom stereocenters. The summed E-state index contributed by atoms with van der Waals surface area (Å²) in [6.07, 6.45) is 2.02. The minimum absolute atomic E-state index is 0. The number of unbranched alkanes of at least 4 members (excludes halogenated alkanes) is 1. The van der Waals surface area contributed by atoms with Crippen molar-refractivity contribution < 1.29 is 9.09 Å². The molecule has 0 aliphatic rings. The van der Waals surface area contributed by atoms with E-state index >= 15 is 0 Å². The van der Waals surface area contributed by atoms with Crippen molar-refractivity contribution in [2.24, 2.45) is 5.73 Å². The van der Waals surface area contributed by atoms with Crippen LogP contribution in [0.4, 0.5) is 0 Å². The van der Waals surface area contributed by atoms with Gasteiger partial charge in [0.25, 0.3) is 8.18 Å². The average molecular weight is 204 g/mol. The minimum atomic E-state index is -2.00. The van der Waals surface area contributed by atoms with Gasteiger partial charge in [-0.3, -0.25) is 4.57 Å². The van der Waals surface area contributed by atoms with E-state index in [0.717, 1.165) is 12.8 Å². The first-order valence-electron chi connectivity index (χ1n) is 3.92. The van der Waals surface area contributed by atoms with E-state index in [-0.39, 0.29) is 29.6 Å². The van der Waals surface area contributed by atoms with Crippen molar-refractivity contribution in [3.63, 3.8) is 0 Å². The van der Waals surface area contributed by atoms with E-state index in [9.17, 15) is 4.57 Å². The Balaban J connectivity index is 0. The Morgan fingerprint density at radius 1 is 1.58 bits per heavy atom. The van der Waals surface area contributed by atoms with Gasteiger partial charge in [0.05, 0.1) is 6.61 Å². The van der Waals surface area contributed by atoms with Crippen molar-refractivity contribution in [1.82, 2.24) is 5.09 Å². The van der Waals surface area contributed by atoms with Gasteiger partial charge in [-0.2, -0.15) is 0 Å². The molecule has 0 bridgehead atoms. The van der Waals surface area contributed by atoms with Crippen molar-refractivity contribution >= 4 is 37.7 Å². The van der Waals surface area contributed by atoms with E-state index in [2.05, 4.69) is 12.0 Å². The van der Waals surface area contributed by atoms with Crippen molar-refractivity contribution in [2.75, 3.05) is 19.7 Å². The van der Waals surface area contributed by atoms with Crippen LogP contribution in [0.3, 0.4) is 0 Å². The zero-order valence-electron chi connectivity index (χ0n) is 6.93. The van der Waals surface area contributed by atoms with Crippen LogP contribution in [-0.4, -0.2) is 49.3 Å². The van der Waals surface area contributed by atoms with Gasteiger partial charge in [0.2, 0.25) is 0 Å². The normalized spacial score (nSPS) is 12.2. The first-order valence-corrected chi connectivity index (χ1v) is 5.23. The van der Waals surface area contributed by atoms with Gasteiger partial charge < -0.3 is 10.3 Å². The molecule has 12 heavy (non-hydrogen) atoms. The van der Waals surface area contributed by atoms with Gasteiger partial charge in [0, 0.05) is 13.1 Å². The topological polar surface area (TPSA) is 64.3 Å². The van der Waals surface area contributed by atoms with Gasteiger partial charge in [-0.25, -0.2) is 5.09 Å². The molecule has 1 atom stereocenters. The zero-order valence-corrected chi connectivity index (χ0v) is 7.93. The summed E-state index contributed by atoms with van der Waals surface area (Å²) in [4.78, 5) is 0. The van der Waals surface area contributed by atoms with E-state index in [1.54, 1.807) is 0 Å². The van der Waals surface area contributed by atoms with Gasteiger partial charge >= 0.3 is 29.6 Å². The summed E-state index contributed by atoms with van der Waals surface area (Å²) >= 11 is 0. The summed E-state index contributed by atoms with van der Waals surface area (Å²) in [5.74, 6) is 0. The predicted molar refractivity (Wildman–Crippen MR) is 54.1 cm³/mol. The summed E-state index contributed by atoms with van der Waals surface area (Å²) in [5.41, 5.74) is 5.19. The molecule has 4 nitrogen and oxygen atoms in total. The van der Waals surface area contributed by atoms with Crippen LogP contribution in [0.1, 0.15) is 19.8 Å². The second-order valence-corrected chi connectivity index (χ2v) is 3.42. The molecule has 0 aromatic carbocycles. The molecule has 0 aromatic heterocycles. The number of rotatable bonds is 7. The number of hydrogen-bond donors (Lipinski definition) is 2. The van der Waals surface area contributed by atoms with Gasteiger partial charge in [0.15, 0.2) is 0 Å². The fraction of sp³-hybridized carbons (Fsp3) is 1.00. The molecule has 6 heteroatoms. The van der Waals surface area contributed by atoms with Crippen molar-refractivity contribution in [3.05, 3.63) is 0 Å². The zero-order chi connectivity index (χ0) is 8.53. The maximum atomic E-state index is 10.9. The van der Waals surface area contributed by atoms with Crippen LogP contribution in [0.15, 0.2) is 0 Å². The summed E-state index contributed by atoms with van der Waals surface area (Å²) in [5, 5.41) is 2.69. The van der Waals surface area contributed by atoms with E-state index < -0.39 is 8.18 Å². The number of nitrogens with one attached hydrogen (secondary N) is 1. The van der Waals surface area contributed by atoms with Crippen molar-refractivity contribution in [1.29, 1.82) is 0 Å². The van der Waals surface area contributed by atoms with Crippen LogP contribution in [0.5, 0.6) is 0 Å². The van der Waals surface area contributed by atoms with Gasteiger partial charge in [0.1, 0.15) is 0 Å². The third-order valence-electron chi connectivity index (χ3n) is 1.14. The molecular formula is C6H18N2NaO2P.